The highest BCUT2D eigenvalue weighted by Gasteiger charge is 2.07. The molecule has 3 N–H and O–H groups in total. The first-order valence-corrected chi connectivity index (χ1v) is 8.79. The number of nitrogens with one attached hydrogen (secondary N) is 3. The van der Waals surface area contributed by atoms with Crippen molar-refractivity contribution >= 4 is 11.9 Å². The van der Waals surface area contributed by atoms with Crippen LogP contribution in [-0.2, 0) is 11.3 Å². The molecule has 0 spiro atoms. The number of benzene rings is 1. The molecule has 24 heavy (non-hydrogen) atoms. The second-order valence-electron chi connectivity index (χ2n) is 6.56. The first-order chi connectivity index (χ1) is 11.5. The smallest absolute Gasteiger partial charge is 0.239 e. The molecule has 1 atom stereocenters. The van der Waals surface area contributed by atoms with E-state index in [2.05, 4.69) is 41.7 Å². The first kappa shape index (κ1) is 20.0. The van der Waals surface area contributed by atoms with Crippen LogP contribution in [0.3, 0.4) is 0 Å². The van der Waals surface area contributed by atoms with Crippen LogP contribution >= 0.6 is 0 Å². The molecular formula is C19H32N4O. The predicted molar refractivity (Wildman–Crippen MR) is 101 cm³/mol. The van der Waals surface area contributed by atoms with Crippen LogP contribution in [0.2, 0.25) is 0 Å². The van der Waals surface area contributed by atoms with Crippen molar-refractivity contribution in [2.75, 3.05) is 13.6 Å². The van der Waals surface area contributed by atoms with Crippen molar-refractivity contribution in [3.05, 3.63) is 35.9 Å². The van der Waals surface area contributed by atoms with Gasteiger partial charge in [-0.25, -0.2) is 0 Å². The summed E-state index contributed by atoms with van der Waals surface area (Å²) in [6.45, 7) is 7.38. The maximum Gasteiger partial charge on any atom is 0.239 e. The Hall–Kier alpha value is -2.04. The van der Waals surface area contributed by atoms with Crippen molar-refractivity contribution in [3.8, 4) is 0 Å². The molecule has 0 fully saturated rings. The molecule has 1 unspecified atom stereocenters. The van der Waals surface area contributed by atoms with E-state index in [9.17, 15) is 4.79 Å². The van der Waals surface area contributed by atoms with Crippen LogP contribution in [0.15, 0.2) is 35.3 Å². The number of hydrogen-bond donors (Lipinski definition) is 3. The molecule has 0 saturated heterocycles. The highest BCUT2D eigenvalue weighted by Crippen LogP contribution is 2.08. The van der Waals surface area contributed by atoms with Gasteiger partial charge in [-0.3, -0.25) is 9.79 Å². The van der Waals surface area contributed by atoms with Crippen molar-refractivity contribution in [2.24, 2.45) is 10.9 Å². The molecule has 0 saturated carbocycles. The third-order valence-corrected chi connectivity index (χ3v) is 3.77. The molecule has 5 heteroatoms. The van der Waals surface area contributed by atoms with E-state index >= 15 is 0 Å². The summed E-state index contributed by atoms with van der Waals surface area (Å²) in [7, 11) is 1.72. The van der Waals surface area contributed by atoms with Crippen LogP contribution < -0.4 is 16.0 Å². The van der Waals surface area contributed by atoms with Crippen molar-refractivity contribution in [1.82, 2.24) is 16.0 Å². The Kier molecular flexibility index (Phi) is 9.58. The Labute approximate surface area is 146 Å². The van der Waals surface area contributed by atoms with Gasteiger partial charge in [-0.2, -0.15) is 0 Å². The minimum Gasteiger partial charge on any atom is -0.354 e. The number of amides is 1. The second kappa shape index (κ2) is 11.5. The lowest BCUT2D eigenvalue weighted by atomic mass is 10.0. The zero-order chi connectivity index (χ0) is 17.8. The molecule has 0 aromatic heterocycles. The monoisotopic (exact) mass is 332 g/mol. The van der Waals surface area contributed by atoms with Crippen LogP contribution in [0.4, 0.5) is 0 Å². The second-order valence-corrected chi connectivity index (χ2v) is 6.56. The third-order valence-electron chi connectivity index (χ3n) is 3.77. The highest BCUT2D eigenvalue weighted by atomic mass is 16.1. The summed E-state index contributed by atoms with van der Waals surface area (Å²) in [5, 5.41) is 9.29. The topological polar surface area (TPSA) is 65.5 Å². The molecule has 0 bridgehead atoms. The van der Waals surface area contributed by atoms with E-state index in [0.29, 0.717) is 18.5 Å². The van der Waals surface area contributed by atoms with Gasteiger partial charge in [-0.1, -0.05) is 57.0 Å². The third kappa shape index (κ3) is 9.18. The van der Waals surface area contributed by atoms with Crippen molar-refractivity contribution < 1.29 is 4.79 Å². The Morgan fingerprint density at radius 1 is 1.08 bits per heavy atom. The lowest BCUT2D eigenvalue weighted by molar-refractivity contribution is -0.120. The molecule has 134 valence electrons. The average molecular weight is 332 g/mol. The van der Waals surface area contributed by atoms with E-state index in [4.69, 9.17) is 0 Å². The van der Waals surface area contributed by atoms with E-state index in [1.165, 1.54) is 12.8 Å². The molecule has 0 aliphatic rings. The van der Waals surface area contributed by atoms with Crippen LogP contribution in [0, 0.1) is 5.92 Å². The molecule has 1 aromatic rings. The number of nitrogens with zero attached hydrogens (tertiary/aromatic N) is 1. The molecule has 0 aliphatic heterocycles. The summed E-state index contributed by atoms with van der Waals surface area (Å²) in [6, 6.07) is 10.2. The fraction of sp³-hybridized carbons (Fsp3) is 0.579. The number of guanidine groups is 1. The first-order valence-electron chi connectivity index (χ1n) is 8.79. The van der Waals surface area contributed by atoms with Crippen LogP contribution in [-0.4, -0.2) is 31.5 Å². The van der Waals surface area contributed by atoms with Gasteiger partial charge in [0.25, 0.3) is 0 Å². The summed E-state index contributed by atoms with van der Waals surface area (Å²) in [6.07, 6.45) is 3.53. The molecule has 1 aromatic carbocycles. The number of rotatable bonds is 9. The quantitative estimate of drug-likeness (QED) is 0.481. The Morgan fingerprint density at radius 2 is 1.79 bits per heavy atom. The maximum atomic E-state index is 11.9. The summed E-state index contributed by atoms with van der Waals surface area (Å²) in [5.41, 5.74) is 1.09. The van der Waals surface area contributed by atoms with Gasteiger partial charge in [-0.05, 0) is 24.8 Å². The van der Waals surface area contributed by atoms with Gasteiger partial charge in [0.1, 0.15) is 0 Å². The largest absolute Gasteiger partial charge is 0.354 e. The van der Waals surface area contributed by atoms with Crippen molar-refractivity contribution in [2.45, 2.75) is 52.6 Å². The van der Waals surface area contributed by atoms with E-state index in [1.807, 2.05) is 30.3 Å². The molecule has 1 rings (SSSR count). The van der Waals surface area contributed by atoms with Gasteiger partial charge in [0.2, 0.25) is 5.91 Å². The Bertz CT molecular complexity index is 499. The molecule has 5 nitrogen and oxygen atoms in total. The lowest BCUT2D eigenvalue weighted by Gasteiger charge is -2.18. The molecular weight excluding hydrogens is 300 g/mol. The van der Waals surface area contributed by atoms with Gasteiger partial charge < -0.3 is 16.0 Å². The van der Waals surface area contributed by atoms with Crippen LogP contribution in [0.5, 0.6) is 0 Å². The fourth-order valence-electron chi connectivity index (χ4n) is 2.36. The minimum absolute atomic E-state index is 0.0470. The summed E-state index contributed by atoms with van der Waals surface area (Å²) >= 11 is 0. The molecule has 0 aliphatic carbocycles. The number of hydrogen-bond acceptors (Lipinski definition) is 2. The van der Waals surface area contributed by atoms with Crippen LogP contribution in [0.25, 0.3) is 0 Å². The van der Waals surface area contributed by atoms with Crippen LogP contribution in [0.1, 0.15) is 45.6 Å². The zero-order valence-corrected chi connectivity index (χ0v) is 15.4. The van der Waals surface area contributed by atoms with Crippen molar-refractivity contribution in [3.63, 3.8) is 0 Å². The normalized spacial score (nSPS) is 12.8. The number of aliphatic imine (C=N–C) groups is 1. The van der Waals surface area contributed by atoms with Gasteiger partial charge in [0, 0.05) is 19.6 Å². The molecule has 0 heterocycles. The predicted octanol–water partition coefficient (Wildman–Crippen LogP) is 2.68. The standard InChI is InChI=1S/C19H32N4O/c1-15(2)9-8-10-16(3)23-19(20-4)22-14-18(24)21-13-17-11-6-5-7-12-17/h5-7,11-12,15-16H,8-10,13-14H2,1-4H3,(H,21,24)(H2,20,22,23). The summed E-state index contributed by atoms with van der Waals surface area (Å²) < 4.78 is 0. The van der Waals surface area contributed by atoms with E-state index in [0.717, 1.165) is 17.9 Å². The molecule has 0 radical (unpaired) electrons. The van der Waals surface area contributed by atoms with Crippen molar-refractivity contribution in [1.29, 1.82) is 0 Å². The number of carbonyl (C=O) groups is 1. The lowest BCUT2D eigenvalue weighted by Crippen LogP contribution is -2.46. The van der Waals surface area contributed by atoms with Gasteiger partial charge in [0.05, 0.1) is 6.54 Å². The summed E-state index contributed by atoms with van der Waals surface area (Å²) in [4.78, 5) is 16.1. The maximum absolute atomic E-state index is 11.9. The van der Waals surface area contributed by atoms with Gasteiger partial charge in [0.15, 0.2) is 5.96 Å². The zero-order valence-electron chi connectivity index (χ0n) is 15.4. The van der Waals surface area contributed by atoms with Gasteiger partial charge in [-0.15, -0.1) is 0 Å². The SMILES string of the molecule is CN=C(NCC(=O)NCc1ccccc1)NC(C)CCCC(C)C. The Balaban J connectivity index is 2.24. The van der Waals surface area contributed by atoms with E-state index < -0.39 is 0 Å². The van der Waals surface area contributed by atoms with Gasteiger partial charge >= 0.3 is 0 Å². The average Bonchev–Trinajstić information content (AvgIpc) is 2.57. The number of carbonyl (C=O) groups excluding carboxylic acids is 1. The highest BCUT2D eigenvalue weighted by molar-refractivity contribution is 5.86. The van der Waals surface area contributed by atoms with E-state index in [1.54, 1.807) is 7.05 Å². The molecule has 1 amide bonds. The summed E-state index contributed by atoms with van der Waals surface area (Å²) in [5.74, 6) is 1.36. The fourth-order valence-corrected chi connectivity index (χ4v) is 2.36. The van der Waals surface area contributed by atoms with E-state index in [-0.39, 0.29) is 12.5 Å². The Morgan fingerprint density at radius 3 is 2.42 bits per heavy atom. The minimum atomic E-state index is -0.0470.